The molecule has 0 saturated heterocycles. The van der Waals surface area contributed by atoms with E-state index in [9.17, 15) is 9.59 Å². The number of rotatable bonds is 14. The summed E-state index contributed by atoms with van der Waals surface area (Å²) in [5.41, 5.74) is 6.69. The number of allylic oxidation sites excluding steroid dienone is 2. The number of amides is 1. The van der Waals surface area contributed by atoms with Crippen molar-refractivity contribution in [1.82, 2.24) is 16.1 Å². The fraction of sp³-hybridized carbons (Fsp3) is 0.211. The van der Waals surface area contributed by atoms with Crippen LogP contribution < -0.4 is 30.3 Å². The van der Waals surface area contributed by atoms with Crippen LogP contribution in [0.1, 0.15) is 42.1 Å². The van der Waals surface area contributed by atoms with E-state index in [1.807, 2.05) is 36.4 Å². The van der Waals surface area contributed by atoms with Crippen molar-refractivity contribution in [1.29, 1.82) is 0 Å². The largest absolute Gasteiger partial charge is 0.493 e. The number of esters is 1. The molecule has 49 heavy (non-hydrogen) atoms. The van der Waals surface area contributed by atoms with Crippen LogP contribution in [-0.2, 0) is 27.4 Å². The standard InChI is InChI=1S/C38H38N4O6S/c1-5-12-27-19-25(20-32(45-4)36(27)48-22-28-15-11-14-26-13-7-8-16-29(26)28)21-39-42-33(43)23-47-31-18-10-9-17-30(31)35-34(37(44)46-6-2)24(3)40-38(49)41-35/h5,7-11,13-21,35H,1,6,12,22-23H2,2-4H3,(H,42,43)(H2,40,41,49)/t35-/m1/s1. The van der Waals surface area contributed by atoms with Gasteiger partial charge in [0.25, 0.3) is 5.91 Å². The zero-order chi connectivity index (χ0) is 34.8. The van der Waals surface area contributed by atoms with E-state index in [1.165, 1.54) is 6.21 Å². The van der Waals surface area contributed by atoms with E-state index in [0.717, 1.165) is 21.9 Å². The molecule has 0 unspecified atom stereocenters. The first kappa shape index (κ1) is 34.6. The van der Waals surface area contributed by atoms with Gasteiger partial charge in [-0.15, -0.1) is 6.58 Å². The minimum absolute atomic E-state index is 0.220. The predicted octanol–water partition coefficient (Wildman–Crippen LogP) is 6.04. The van der Waals surface area contributed by atoms with Crippen molar-refractivity contribution in [3.8, 4) is 17.2 Å². The number of hydrogen-bond acceptors (Lipinski definition) is 8. The summed E-state index contributed by atoms with van der Waals surface area (Å²) in [5, 5.41) is 12.9. The summed E-state index contributed by atoms with van der Waals surface area (Å²) in [7, 11) is 1.58. The molecule has 4 aromatic rings. The summed E-state index contributed by atoms with van der Waals surface area (Å²) < 4.78 is 23.2. The fourth-order valence-corrected chi connectivity index (χ4v) is 5.83. The number of benzene rings is 4. The Balaban J connectivity index is 1.26. The van der Waals surface area contributed by atoms with E-state index < -0.39 is 17.9 Å². The van der Waals surface area contributed by atoms with E-state index in [-0.39, 0.29) is 13.2 Å². The highest BCUT2D eigenvalue weighted by molar-refractivity contribution is 7.80. The molecule has 4 aromatic carbocycles. The molecule has 0 radical (unpaired) electrons. The maximum Gasteiger partial charge on any atom is 0.338 e. The minimum atomic E-state index is -0.635. The van der Waals surface area contributed by atoms with Crippen molar-refractivity contribution in [2.45, 2.75) is 32.9 Å². The lowest BCUT2D eigenvalue weighted by Crippen LogP contribution is -2.45. The topological polar surface area (TPSA) is 120 Å². The van der Waals surface area contributed by atoms with Gasteiger partial charge in [-0.25, -0.2) is 10.2 Å². The molecule has 0 aromatic heterocycles. The summed E-state index contributed by atoms with van der Waals surface area (Å²) in [6.07, 6.45) is 3.84. The molecule has 1 aliphatic heterocycles. The number of thiocarbonyl (C=S) groups is 1. The third-order valence-corrected chi connectivity index (χ3v) is 7.97. The molecule has 11 heteroatoms. The number of ether oxygens (including phenoxy) is 4. The zero-order valence-corrected chi connectivity index (χ0v) is 28.4. The monoisotopic (exact) mass is 678 g/mol. The number of para-hydroxylation sites is 1. The van der Waals surface area contributed by atoms with Crippen molar-refractivity contribution in [3.05, 3.63) is 125 Å². The van der Waals surface area contributed by atoms with Gasteiger partial charge in [0.1, 0.15) is 12.4 Å². The van der Waals surface area contributed by atoms with Gasteiger partial charge < -0.3 is 29.6 Å². The second-order valence-electron chi connectivity index (χ2n) is 11.0. The first-order chi connectivity index (χ1) is 23.8. The number of carbonyl (C=O) groups is 2. The molecule has 1 heterocycles. The molecule has 0 saturated carbocycles. The van der Waals surface area contributed by atoms with E-state index in [0.29, 0.717) is 57.8 Å². The number of carbonyl (C=O) groups excluding carboxylic acids is 2. The average Bonchev–Trinajstić information content (AvgIpc) is 3.10. The predicted molar refractivity (Wildman–Crippen MR) is 194 cm³/mol. The molecular formula is C38H38N4O6S. The third kappa shape index (κ3) is 8.43. The molecular weight excluding hydrogens is 641 g/mol. The fourth-order valence-electron chi connectivity index (χ4n) is 5.56. The summed E-state index contributed by atoms with van der Waals surface area (Å²) in [6.45, 7) is 7.64. The molecule has 5 rings (SSSR count). The summed E-state index contributed by atoms with van der Waals surface area (Å²) >= 11 is 5.35. The Labute approximate surface area is 290 Å². The second kappa shape index (κ2) is 16.4. The van der Waals surface area contributed by atoms with Gasteiger partial charge in [0.2, 0.25) is 0 Å². The van der Waals surface area contributed by atoms with Gasteiger partial charge in [-0.2, -0.15) is 5.10 Å². The highest BCUT2D eigenvalue weighted by atomic mass is 32.1. The van der Waals surface area contributed by atoms with E-state index >= 15 is 0 Å². The quantitative estimate of drug-likeness (QED) is 0.0482. The van der Waals surface area contributed by atoms with Crippen molar-refractivity contribution in [2.24, 2.45) is 5.10 Å². The van der Waals surface area contributed by atoms with Gasteiger partial charge in [0, 0.05) is 16.8 Å². The zero-order valence-electron chi connectivity index (χ0n) is 27.6. The van der Waals surface area contributed by atoms with Crippen LogP contribution >= 0.6 is 12.2 Å². The SMILES string of the molecule is C=CCc1cc(C=NNC(=O)COc2ccccc2[C@H]2NC(=S)NC(C)=C2C(=O)OCC)cc(OC)c1OCc1cccc2ccccc12. The second-order valence-corrected chi connectivity index (χ2v) is 11.4. The van der Waals surface area contributed by atoms with Gasteiger partial charge in [0.15, 0.2) is 23.2 Å². The summed E-state index contributed by atoms with van der Waals surface area (Å²) in [6, 6.07) is 24.5. The molecule has 0 fully saturated rings. The van der Waals surface area contributed by atoms with Crippen molar-refractivity contribution in [2.75, 3.05) is 20.3 Å². The maximum atomic E-state index is 12.8. The molecule has 0 aliphatic carbocycles. The minimum Gasteiger partial charge on any atom is -0.493 e. The summed E-state index contributed by atoms with van der Waals surface area (Å²) in [4.78, 5) is 25.6. The van der Waals surface area contributed by atoms with Crippen LogP contribution in [0.3, 0.4) is 0 Å². The molecule has 0 spiro atoms. The van der Waals surface area contributed by atoms with Crippen LogP contribution in [-0.4, -0.2) is 43.5 Å². The number of nitrogens with one attached hydrogen (secondary N) is 3. The smallest absolute Gasteiger partial charge is 0.338 e. The molecule has 252 valence electrons. The number of hydrogen-bond donors (Lipinski definition) is 3. The third-order valence-electron chi connectivity index (χ3n) is 7.75. The van der Waals surface area contributed by atoms with E-state index in [4.69, 9.17) is 31.2 Å². The van der Waals surface area contributed by atoms with Gasteiger partial charge in [-0.3, -0.25) is 4.79 Å². The van der Waals surface area contributed by atoms with Gasteiger partial charge in [-0.05, 0) is 72.6 Å². The maximum absolute atomic E-state index is 12.8. The molecule has 1 aliphatic rings. The molecule has 3 N–H and O–H groups in total. The van der Waals surface area contributed by atoms with Crippen LogP contribution in [0.25, 0.3) is 10.8 Å². The van der Waals surface area contributed by atoms with Crippen LogP contribution in [0.5, 0.6) is 17.2 Å². The average molecular weight is 679 g/mol. The Morgan fingerprint density at radius 1 is 1.00 bits per heavy atom. The number of nitrogens with zero attached hydrogens (tertiary/aromatic N) is 1. The van der Waals surface area contributed by atoms with E-state index in [2.05, 4.69) is 45.9 Å². The highest BCUT2D eigenvalue weighted by Crippen LogP contribution is 2.35. The number of hydrazone groups is 1. The molecule has 1 amide bonds. The van der Waals surface area contributed by atoms with Crippen LogP contribution in [0, 0.1) is 0 Å². The first-order valence-corrected chi connectivity index (χ1v) is 16.1. The Hall–Kier alpha value is -5.68. The Bertz CT molecular complexity index is 1930. The number of fused-ring (bicyclic) bond motifs is 1. The first-order valence-electron chi connectivity index (χ1n) is 15.7. The Morgan fingerprint density at radius 2 is 1.78 bits per heavy atom. The van der Waals surface area contributed by atoms with Crippen LogP contribution in [0.15, 0.2) is 108 Å². The van der Waals surface area contributed by atoms with E-state index in [1.54, 1.807) is 51.3 Å². The van der Waals surface area contributed by atoms with Gasteiger partial charge >= 0.3 is 5.97 Å². The Kier molecular flexibility index (Phi) is 11.6. The lowest BCUT2D eigenvalue weighted by atomic mass is 9.95. The Morgan fingerprint density at radius 3 is 2.57 bits per heavy atom. The normalized spacial score (nSPS) is 14.2. The number of methoxy groups -OCH3 is 1. The molecule has 0 bridgehead atoms. The van der Waals surface area contributed by atoms with Crippen LogP contribution in [0.2, 0.25) is 0 Å². The van der Waals surface area contributed by atoms with Gasteiger partial charge in [0.05, 0.1) is 31.5 Å². The summed E-state index contributed by atoms with van der Waals surface area (Å²) in [5.74, 6) is 0.585. The molecule has 1 atom stereocenters. The highest BCUT2D eigenvalue weighted by Gasteiger charge is 2.32. The molecule has 10 nitrogen and oxygen atoms in total. The lowest BCUT2D eigenvalue weighted by molar-refractivity contribution is -0.139. The van der Waals surface area contributed by atoms with Gasteiger partial charge in [-0.1, -0.05) is 66.7 Å². The van der Waals surface area contributed by atoms with Crippen molar-refractivity contribution < 1.29 is 28.5 Å². The van der Waals surface area contributed by atoms with Crippen LogP contribution in [0.4, 0.5) is 0 Å². The van der Waals surface area contributed by atoms with Crippen molar-refractivity contribution in [3.63, 3.8) is 0 Å². The van der Waals surface area contributed by atoms with Crippen molar-refractivity contribution >= 4 is 46.2 Å². The lowest BCUT2D eigenvalue weighted by Gasteiger charge is -2.30.